The van der Waals surface area contributed by atoms with E-state index in [1.54, 1.807) is 12.1 Å². The Kier molecular flexibility index (Phi) is 4.09. The van der Waals surface area contributed by atoms with Crippen LogP contribution in [0.1, 0.15) is 36.7 Å². The molecule has 1 fully saturated rings. The quantitative estimate of drug-likeness (QED) is 0.811. The third-order valence-corrected chi connectivity index (χ3v) is 2.92. The van der Waals surface area contributed by atoms with Gasteiger partial charge in [0.1, 0.15) is 6.10 Å². The van der Waals surface area contributed by atoms with Gasteiger partial charge >= 0.3 is 0 Å². The van der Waals surface area contributed by atoms with Crippen LogP contribution in [0.25, 0.3) is 0 Å². The third-order valence-electron chi connectivity index (χ3n) is 2.92. The second-order valence-corrected chi connectivity index (χ2v) is 4.43. The van der Waals surface area contributed by atoms with Crippen LogP contribution in [0.5, 0.6) is 5.88 Å². The fourth-order valence-electron chi connectivity index (χ4n) is 2.01. The molecule has 6 heteroatoms. The number of ether oxygens (including phenoxy) is 1. The number of carbonyl (C=O) groups excluding carboxylic acids is 1. The first-order chi connectivity index (χ1) is 8.69. The molecule has 1 aromatic heterocycles. The van der Waals surface area contributed by atoms with Gasteiger partial charge in [0.15, 0.2) is 5.69 Å². The predicted octanol–water partition coefficient (Wildman–Crippen LogP) is 0.485. The molecule has 2 rings (SSSR count). The molecular weight excluding hydrogens is 232 g/mol. The van der Waals surface area contributed by atoms with Gasteiger partial charge < -0.3 is 15.8 Å². The molecule has 0 aromatic carbocycles. The van der Waals surface area contributed by atoms with Gasteiger partial charge in [0.2, 0.25) is 5.88 Å². The lowest BCUT2D eigenvalue weighted by Crippen LogP contribution is -2.24. The number of nitrogens with zero attached hydrogens (tertiary/aromatic N) is 2. The second-order valence-electron chi connectivity index (χ2n) is 4.43. The van der Waals surface area contributed by atoms with Gasteiger partial charge in [-0.3, -0.25) is 4.79 Å². The number of rotatable bonds is 4. The molecule has 1 aliphatic carbocycles. The van der Waals surface area contributed by atoms with Crippen molar-refractivity contribution in [2.45, 2.75) is 38.3 Å². The largest absolute Gasteiger partial charge is 0.473 e. The third kappa shape index (κ3) is 3.16. The maximum Gasteiger partial charge on any atom is 0.271 e. The zero-order valence-electron chi connectivity index (χ0n) is 10.4. The lowest BCUT2D eigenvalue weighted by molar-refractivity contribution is 0.0949. The van der Waals surface area contributed by atoms with Crippen LogP contribution in [0, 0.1) is 0 Å². The van der Waals surface area contributed by atoms with E-state index in [0.29, 0.717) is 18.1 Å². The predicted molar refractivity (Wildman–Crippen MR) is 66.3 cm³/mol. The number of hydrogen-bond acceptors (Lipinski definition) is 5. The van der Waals surface area contributed by atoms with Crippen molar-refractivity contribution >= 4 is 5.91 Å². The molecule has 6 nitrogen and oxygen atoms in total. The van der Waals surface area contributed by atoms with E-state index < -0.39 is 0 Å². The maximum atomic E-state index is 11.5. The Morgan fingerprint density at radius 3 is 2.89 bits per heavy atom. The van der Waals surface area contributed by atoms with Crippen LogP contribution in [0.15, 0.2) is 12.1 Å². The number of hydrogen-bond donors (Lipinski definition) is 2. The van der Waals surface area contributed by atoms with E-state index in [0.717, 1.165) is 19.3 Å². The first kappa shape index (κ1) is 12.8. The van der Waals surface area contributed by atoms with Gasteiger partial charge in [-0.2, -0.15) is 0 Å². The van der Waals surface area contributed by atoms with Crippen molar-refractivity contribution in [1.29, 1.82) is 0 Å². The highest BCUT2D eigenvalue weighted by Crippen LogP contribution is 2.21. The summed E-state index contributed by atoms with van der Waals surface area (Å²) in [6, 6.07) is 3.50. The van der Waals surface area contributed by atoms with Crippen LogP contribution >= 0.6 is 0 Å². The van der Waals surface area contributed by atoms with Crippen molar-refractivity contribution in [3.8, 4) is 5.88 Å². The highest BCUT2D eigenvalue weighted by molar-refractivity contribution is 5.91. The minimum atomic E-state index is -0.223. The Bertz CT molecular complexity index is 407. The molecule has 0 saturated heterocycles. The molecule has 1 saturated carbocycles. The smallest absolute Gasteiger partial charge is 0.271 e. The van der Waals surface area contributed by atoms with E-state index in [2.05, 4.69) is 15.5 Å². The van der Waals surface area contributed by atoms with Crippen molar-refractivity contribution in [3.63, 3.8) is 0 Å². The highest BCUT2D eigenvalue weighted by atomic mass is 16.5. The molecule has 1 aromatic rings. The van der Waals surface area contributed by atoms with E-state index >= 15 is 0 Å². The van der Waals surface area contributed by atoms with Crippen LogP contribution in [0.3, 0.4) is 0 Å². The van der Waals surface area contributed by atoms with Crippen molar-refractivity contribution in [3.05, 3.63) is 17.8 Å². The zero-order valence-corrected chi connectivity index (χ0v) is 10.4. The number of amides is 1. The Hall–Kier alpha value is -1.69. The van der Waals surface area contributed by atoms with Gasteiger partial charge in [0.25, 0.3) is 5.91 Å². The van der Waals surface area contributed by atoms with Crippen LogP contribution < -0.4 is 15.8 Å². The molecule has 2 unspecified atom stereocenters. The van der Waals surface area contributed by atoms with Crippen LogP contribution in [0.4, 0.5) is 0 Å². The summed E-state index contributed by atoms with van der Waals surface area (Å²) in [6.07, 6.45) is 2.89. The number of nitrogens with one attached hydrogen (secondary N) is 1. The normalized spacial score (nSPS) is 22.8. The molecule has 0 aliphatic heterocycles. The Labute approximate surface area is 106 Å². The Balaban J connectivity index is 1.93. The summed E-state index contributed by atoms with van der Waals surface area (Å²) >= 11 is 0. The maximum absolute atomic E-state index is 11.5. The molecule has 1 aliphatic rings. The van der Waals surface area contributed by atoms with E-state index in [9.17, 15) is 4.79 Å². The molecule has 1 heterocycles. The molecule has 2 atom stereocenters. The number of aromatic nitrogens is 2. The average molecular weight is 250 g/mol. The van der Waals surface area contributed by atoms with Gasteiger partial charge in [-0.05, 0) is 32.3 Å². The first-order valence-electron chi connectivity index (χ1n) is 6.23. The van der Waals surface area contributed by atoms with Crippen molar-refractivity contribution in [2.24, 2.45) is 5.73 Å². The summed E-state index contributed by atoms with van der Waals surface area (Å²) in [6.45, 7) is 2.42. The lowest BCUT2D eigenvalue weighted by atomic mass is 10.3. The second kappa shape index (κ2) is 5.77. The summed E-state index contributed by atoms with van der Waals surface area (Å²) in [5.74, 6) is 0.224. The van der Waals surface area contributed by atoms with Gasteiger partial charge in [0.05, 0.1) is 0 Å². The molecule has 0 radical (unpaired) electrons. The van der Waals surface area contributed by atoms with Crippen molar-refractivity contribution in [2.75, 3.05) is 6.54 Å². The van der Waals surface area contributed by atoms with Gasteiger partial charge in [-0.25, -0.2) is 0 Å². The van der Waals surface area contributed by atoms with Crippen molar-refractivity contribution < 1.29 is 9.53 Å². The Morgan fingerprint density at radius 2 is 2.33 bits per heavy atom. The summed E-state index contributed by atoms with van der Waals surface area (Å²) in [5, 5.41) is 10.4. The van der Waals surface area contributed by atoms with Gasteiger partial charge in [-0.1, -0.05) is 0 Å². The molecule has 1 amide bonds. The molecular formula is C12H18N4O2. The summed E-state index contributed by atoms with van der Waals surface area (Å²) in [4.78, 5) is 11.5. The minimum Gasteiger partial charge on any atom is -0.473 e. The summed E-state index contributed by atoms with van der Waals surface area (Å²) < 4.78 is 5.66. The standard InChI is InChI=1S/C12H18N4O2/c1-2-14-12(17)10-5-6-11(16-15-10)18-9-4-3-8(13)7-9/h5-6,8-9H,2-4,7,13H2,1H3,(H,14,17). The SMILES string of the molecule is CCNC(=O)c1ccc(OC2CCC(N)C2)nn1. The summed E-state index contributed by atoms with van der Waals surface area (Å²) in [5.41, 5.74) is 6.11. The average Bonchev–Trinajstić information content (AvgIpc) is 2.76. The molecule has 18 heavy (non-hydrogen) atoms. The zero-order chi connectivity index (χ0) is 13.0. The fraction of sp³-hybridized carbons (Fsp3) is 0.583. The van der Waals surface area contributed by atoms with Crippen LogP contribution in [-0.4, -0.2) is 34.8 Å². The van der Waals surface area contributed by atoms with E-state index in [4.69, 9.17) is 10.5 Å². The van der Waals surface area contributed by atoms with Gasteiger partial charge in [-0.15, -0.1) is 10.2 Å². The minimum absolute atomic E-state index is 0.115. The molecule has 0 bridgehead atoms. The molecule has 98 valence electrons. The van der Waals surface area contributed by atoms with Crippen molar-refractivity contribution in [1.82, 2.24) is 15.5 Å². The fourth-order valence-corrected chi connectivity index (χ4v) is 2.01. The number of carbonyl (C=O) groups is 1. The van der Waals surface area contributed by atoms with E-state index in [1.807, 2.05) is 6.92 Å². The topological polar surface area (TPSA) is 90.1 Å². The highest BCUT2D eigenvalue weighted by Gasteiger charge is 2.23. The van der Waals surface area contributed by atoms with E-state index in [1.165, 1.54) is 0 Å². The van der Waals surface area contributed by atoms with Crippen LogP contribution in [0.2, 0.25) is 0 Å². The number of nitrogens with two attached hydrogens (primary N) is 1. The molecule has 0 spiro atoms. The van der Waals surface area contributed by atoms with Gasteiger partial charge in [0, 0.05) is 18.7 Å². The lowest BCUT2D eigenvalue weighted by Gasteiger charge is -2.11. The molecule has 3 N–H and O–H groups in total. The summed E-state index contributed by atoms with van der Waals surface area (Å²) in [7, 11) is 0. The Morgan fingerprint density at radius 1 is 1.50 bits per heavy atom. The monoisotopic (exact) mass is 250 g/mol. The van der Waals surface area contributed by atoms with E-state index in [-0.39, 0.29) is 18.1 Å². The first-order valence-corrected chi connectivity index (χ1v) is 6.23. The van der Waals surface area contributed by atoms with Crippen LogP contribution in [-0.2, 0) is 0 Å².